The van der Waals surface area contributed by atoms with Crippen molar-refractivity contribution in [3.63, 3.8) is 0 Å². The van der Waals surface area contributed by atoms with Crippen molar-refractivity contribution in [3.8, 4) is 0 Å². The third-order valence-electron chi connectivity index (χ3n) is 4.21. The Bertz CT molecular complexity index is 601. The molecule has 0 spiro atoms. The minimum absolute atomic E-state index is 0.0519. The Morgan fingerprint density at radius 1 is 1.30 bits per heavy atom. The van der Waals surface area contributed by atoms with Crippen LogP contribution in [0.1, 0.15) is 30.9 Å². The van der Waals surface area contributed by atoms with Crippen LogP contribution in [0.3, 0.4) is 0 Å². The molecule has 0 aliphatic carbocycles. The normalized spacial score (nSPS) is 22.0. The number of piperidine rings is 1. The molecule has 0 aromatic heterocycles. The molecule has 2 rings (SSSR count). The number of carbonyl (C=O) groups is 2. The Morgan fingerprint density at radius 3 is 2.61 bits per heavy atom. The molecule has 1 fully saturated rings. The van der Waals surface area contributed by atoms with Gasteiger partial charge in [-0.3, -0.25) is 9.59 Å². The van der Waals surface area contributed by atoms with Gasteiger partial charge in [-0.05, 0) is 31.4 Å². The Morgan fingerprint density at radius 2 is 2.00 bits per heavy atom. The fourth-order valence-corrected chi connectivity index (χ4v) is 2.82. The highest BCUT2D eigenvalue weighted by Crippen LogP contribution is 2.30. The highest BCUT2D eigenvalue weighted by atomic mass is 19.4. The highest BCUT2D eigenvalue weighted by molar-refractivity contribution is 5.81. The summed E-state index contributed by atoms with van der Waals surface area (Å²) in [5.41, 5.74) is 4.82. The number of amides is 2. The lowest BCUT2D eigenvalue weighted by Crippen LogP contribution is -2.49. The molecule has 0 radical (unpaired) electrons. The molecule has 23 heavy (non-hydrogen) atoms. The number of rotatable bonds is 3. The molecule has 1 heterocycles. The molecule has 4 nitrogen and oxygen atoms in total. The van der Waals surface area contributed by atoms with Gasteiger partial charge < -0.3 is 10.6 Å². The van der Waals surface area contributed by atoms with Gasteiger partial charge >= 0.3 is 6.18 Å². The molecule has 1 aliphatic heterocycles. The van der Waals surface area contributed by atoms with E-state index in [1.165, 1.54) is 12.1 Å². The number of primary amides is 1. The lowest BCUT2D eigenvalue weighted by molar-refractivity contribution is -0.139. The Kier molecular flexibility index (Phi) is 4.97. The first kappa shape index (κ1) is 17.3. The maximum absolute atomic E-state index is 12.7. The summed E-state index contributed by atoms with van der Waals surface area (Å²) < 4.78 is 38.1. The Hall–Kier alpha value is -2.05. The van der Waals surface area contributed by atoms with Crippen LogP contribution in [0, 0.1) is 5.92 Å². The van der Waals surface area contributed by atoms with Crippen molar-refractivity contribution < 1.29 is 22.8 Å². The molecule has 0 saturated carbocycles. The second kappa shape index (κ2) is 6.60. The number of carbonyl (C=O) groups excluding carboxylic acids is 2. The predicted octanol–water partition coefficient (Wildman–Crippen LogP) is 2.36. The van der Waals surface area contributed by atoms with Crippen molar-refractivity contribution in [2.24, 2.45) is 11.7 Å². The molecular formula is C16H19F3N2O2. The maximum Gasteiger partial charge on any atom is 0.416 e. The van der Waals surface area contributed by atoms with E-state index in [0.717, 1.165) is 12.1 Å². The fraction of sp³-hybridized carbons (Fsp3) is 0.500. The summed E-state index contributed by atoms with van der Waals surface area (Å²) in [7, 11) is 0. The zero-order valence-electron chi connectivity index (χ0n) is 12.8. The van der Waals surface area contributed by atoms with Crippen molar-refractivity contribution in [1.82, 2.24) is 4.90 Å². The van der Waals surface area contributed by atoms with Crippen LogP contribution in [0.2, 0.25) is 0 Å². The van der Waals surface area contributed by atoms with Crippen molar-refractivity contribution >= 4 is 11.8 Å². The molecule has 1 aromatic carbocycles. The second-order valence-electron chi connectivity index (χ2n) is 5.95. The van der Waals surface area contributed by atoms with Crippen LogP contribution < -0.4 is 5.73 Å². The van der Waals surface area contributed by atoms with Crippen LogP contribution in [0.15, 0.2) is 24.3 Å². The van der Waals surface area contributed by atoms with E-state index in [0.29, 0.717) is 18.4 Å². The number of nitrogens with two attached hydrogens (primary N) is 1. The van der Waals surface area contributed by atoms with E-state index in [4.69, 9.17) is 5.73 Å². The van der Waals surface area contributed by atoms with Crippen LogP contribution >= 0.6 is 0 Å². The zero-order chi connectivity index (χ0) is 17.2. The summed E-state index contributed by atoms with van der Waals surface area (Å²) in [5, 5.41) is 0. The van der Waals surface area contributed by atoms with Gasteiger partial charge in [0.05, 0.1) is 17.9 Å². The van der Waals surface area contributed by atoms with Gasteiger partial charge in [0.15, 0.2) is 0 Å². The molecule has 1 saturated heterocycles. The standard InChI is InChI=1S/C16H19F3N2O2/c1-10-5-6-12(15(20)23)9-21(10)14(22)8-11-3-2-4-13(7-11)16(17,18)19/h2-4,7,10,12H,5-6,8-9H2,1H3,(H2,20,23)/t10-,12+/m1/s1. The average molecular weight is 328 g/mol. The van der Waals surface area contributed by atoms with Crippen LogP contribution in [-0.2, 0) is 22.2 Å². The molecule has 0 unspecified atom stereocenters. The first-order valence-electron chi connectivity index (χ1n) is 7.43. The summed E-state index contributed by atoms with van der Waals surface area (Å²) >= 11 is 0. The van der Waals surface area contributed by atoms with E-state index in [2.05, 4.69) is 0 Å². The van der Waals surface area contributed by atoms with E-state index in [1.54, 1.807) is 4.90 Å². The quantitative estimate of drug-likeness (QED) is 0.926. The van der Waals surface area contributed by atoms with Gasteiger partial charge in [-0.15, -0.1) is 0 Å². The minimum atomic E-state index is -4.44. The summed E-state index contributed by atoms with van der Waals surface area (Å²) in [4.78, 5) is 25.2. The molecule has 0 bridgehead atoms. The zero-order valence-corrected chi connectivity index (χ0v) is 12.8. The number of halogens is 3. The minimum Gasteiger partial charge on any atom is -0.369 e. The van der Waals surface area contributed by atoms with Gasteiger partial charge in [-0.2, -0.15) is 13.2 Å². The van der Waals surface area contributed by atoms with Crippen LogP contribution in [0.5, 0.6) is 0 Å². The highest BCUT2D eigenvalue weighted by Gasteiger charge is 2.33. The maximum atomic E-state index is 12.7. The summed E-state index contributed by atoms with van der Waals surface area (Å²) in [6.07, 6.45) is -3.28. The smallest absolute Gasteiger partial charge is 0.369 e. The van der Waals surface area contributed by atoms with Crippen molar-refractivity contribution in [3.05, 3.63) is 35.4 Å². The summed E-state index contributed by atoms with van der Waals surface area (Å²) in [6, 6.07) is 4.69. The third-order valence-corrected chi connectivity index (χ3v) is 4.21. The number of alkyl halides is 3. The van der Waals surface area contributed by atoms with Crippen molar-refractivity contribution in [1.29, 1.82) is 0 Å². The summed E-state index contributed by atoms with van der Waals surface area (Å²) in [6.45, 7) is 2.09. The van der Waals surface area contributed by atoms with Gasteiger partial charge in [0.25, 0.3) is 0 Å². The molecular weight excluding hydrogens is 309 g/mol. The molecule has 2 amide bonds. The number of benzene rings is 1. The van der Waals surface area contributed by atoms with E-state index in [-0.39, 0.29) is 24.9 Å². The second-order valence-corrected chi connectivity index (χ2v) is 5.95. The summed E-state index contributed by atoms with van der Waals surface area (Å²) in [5.74, 6) is -1.13. The van der Waals surface area contributed by atoms with E-state index < -0.39 is 23.6 Å². The Labute approximate surface area is 132 Å². The predicted molar refractivity (Wildman–Crippen MR) is 78.2 cm³/mol. The third kappa shape index (κ3) is 4.24. The lowest BCUT2D eigenvalue weighted by Gasteiger charge is -2.37. The molecule has 2 N–H and O–H groups in total. The SMILES string of the molecule is C[C@@H]1CC[C@H](C(N)=O)CN1C(=O)Cc1cccc(C(F)(F)F)c1. The Balaban J connectivity index is 2.10. The molecule has 1 aromatic rings. The van der Waals surface area contributed by atoms with Gasteiger partial charge in [-0.1, -0.05) is 18.2 Å². The van der Waals surface area contributed by atoms with E-state index in [1.807, 2.05) is 6.92 Å². The van der Waals surface area contributed by atoms with Gasteiger partial charge in [0, 0.05) is 12.6 Å². The van der Waals surface area contributed by atoms with Gasteiger partial charge in [0.1, 0.15) is 0 Å². The van der Waals surface area contributed by atoms with Gasteiger partial charge in [0.2, 0.25) is 11.8 Å². The first-order valence-corrected chi connectivity index (χ1v) is 7.43. The number of hydrogen-bond donors (Lipinski definition) is 1. The molecule has 2 atom stereocenters. The monoisotopic (exact) mass is 328 g/mol. The largest absolute Gasteiger partial charge is 0.416 e. The fourth-order valence-electron chi connectivity index (χ4n) is 2.82. The number of likely N-dealkylation sites (tertiary alicyclic amines) is 1. The van der Waals surface area contributed by atoms with Crippen LogP contribution in [0.25, 0.3) is 0 Å². The van der Waals surface area contributed by atoms with Gasteiger partial charge in [-0.25, -0.2) is 0 Å². The average Bonchev–Trinajstić information content (AvgIpc) is 2.46. The van der Waals surface area contributed by atoms with Crippen LogP contribution in [0.4, 0.5) is 13.2 Å². The van der Waals surface area contributed by atoms with Crippen molar-refractivity contribution in [2.75, 3.05) is 6.54 Å². The first-order chi connectivity index (χ1) is 10.7. The van der Waals surface area contributed by atoms with E-state index in [9.17, 15) is 22.8 Å². The number of hydrogen-bond acceptors (Lipinski definition) is 2. The lowest BCUT2D eigenvalue weighted by atomic mass is 9.92. The molecule has 7 heteroatoms. The molecule has 126 valence electrons. The topological polar surface area (TPSA) is 63.4 Å². The van der Waals surface area contributed by atoms with Crippen LogP contribution in [-0.4, -0.2) is 29.3 Å². The number of nitrogens with zero attached hydrogens (tertiary/aromatic N) is 1. The van der Waals surface area contributed by atoms with Crippen molar-refractivity contribution in [2.45, 2.75) is 38.4 Å². The molecule has 1 aliphatic rings. The van der Waals surface area contributed by atoms with E-state index >= 15 is 0 Å².